The Labute approximate surface area is 203 Å². The summed E-state index contributed by atoms with van der Waals surface area (Å²) in [5, 5.41) is 0. The van der Waals surface area contributed by atoms with Crippen LogP contribution in [0.15, 0.2) is 84.5 Å². The van der Waals surface area contributed by atoms with E-state index in [4.69, 9.17) is 17.5 Å². The molecule has 0 saturated carbocycles. The standard InChI is InChI=1S/C27H33N2.H2O4S/c1-5-28(6-2)25-18-14-23(15-19-25)27(22-12-10-9-11-13-22)24-16-20-26(21-17-24)29(7-3)8-4;1-5(2,3)4/h9-21H,5-8H2,1-4H3;(H2,1,2,3,4)/q+1;. The first-order chi connectivity index (χ1) is 16.2. The minimum absolute atomic E-state index is 1.03. The molecule has 1 aliphatic carbocycles. The zero-order chi connectivity index (χ0) is 25.1. The maximum Gasteiger partial charge on any atom is 0.394 e. The number of hydrogen-bond donors (Lipinski definition) is 2. The summed E-state index contributed by atoms with van der Waals surface area (Å²) in [7, 11) is -4.67. The lowest BCUT2D eigenvalue weighted by Gasteiger charge is -2.22. The number of benzene rings is 2. The molecule has 7 heteroatoms. The third-order valence-corrected chi connectivity index (χ3v) is 5.63. The molecule has 0 radical (unpaired) electrons. The van der Waals surface area contributed by atoms with Gasteiger partial charge in [0.15, 0.2) is 5.71 Å². The SMILES string of the molecule is CCN(CC)c1ccc(C(=C2C=CC(=[N+](CC)CC)C=C2)c2ccccc2)cc1.O=S(=O)(O)O. The fourth-order valence-corrected chi connectivity index (χ4v) is 3.96. The smallest absolute Gasteiger partial charge is 0.372 e. The highest BCUT2D eigenvalue weighted by Gasteiger charge is 2.14. The van der Waals surface area contributed by atoms with E-state index in [1.54, 1.807) is 0 Å². The molecule has 2 aromatic rings. The molecule has 6 nitrogen and oxygen atoms in total. The topological polar surface area (TPSA) is 80.9 Å². The number of hydrogen-bond acceptors (Lipinski definition) is 3. The van der Waals surface area contributed by atoms with E-state index in [0.29, 0.717) is 0 Å². The summed E-state index contributed by atoms with van der Waals surface area (Å²) in [6.07, 6.45) is 9.01. The summed E-state index contributed by atoms with van der Waals surface area (Å²) in [6.45, 7) is 12.9. The fourth-order valence-electron chi connectivity index (χ4n) is 3.96. The maximum absolute atomic E-state index is 8.74. The third-order valence-electron chi connectivity index (χ3n) is 5.63. The lowest BCUT2D eigenvalue weighted by atomic mass is 9.90. The Hall–Kier alpha value is -3.00. The summed E-state index contributed by atoms with van der Waals surface area (Å²) in [6, 6.07) is 19.7. The summed E-state index contributed by atoms with van der Waals surface area (Å²) < 4.78 is 34.0. The molecule has 182 valence electrons. The van der Waals surface area contributed by atoms with Gasteiger partial charge < -0.3 is 4.90 Å². The van der Waals surface area contributed by atoms with Crippen LogP contribution in [0.4, 0.5) is 5.69 Å². The monoisotopic (exact) mass is 483 g/mol. The van der Waals surface area contributed by atoms with Crippen LogP contribution in [-0.2, 0) is 10.4 Å². The molecule has 0 aromatic heterocycles. The molecule has 0 fully saturated rings. The van der Waals surface area contributed by atoms with Crippen LogP contribution in [0.2, 0.25) is 0 Å². The molecular formula is C27H35N2O4S+. The van der Waals surface area contributed by atoms with Crippen molar-refractivity contribution in [1.82, 2.24) is 0 Å². The average molecular weight is 484 g/mol. The predicted molar refractivity (Wildman–Crippen MR) is 141 cm³/mol. The van der Waals surface area contributed by atoms with Crippen molar-refractivity contribution >= 4 is 27.4 Å². The highest BCUT2D eigenvalue weighted by molar-refractivity contribution is 7.79. The van der Waals surface area contributed by atoms with Crippen LogP contribution in [-0.4, -0.2) is 54.0 Å². The van der Waals surface area contributed by atoms with E-state index in [1.165, 1.54) is 33.7 Å². The Morgan fingerprint density at radius 2 is 1.24 bits per heavy atom. The van der Waals surface area contributed by atoms with Gasteiger partial charge in [-0.3, -0.25) is 9.11 Å². The number of nitrogens with zero attached hydrogens (tertiary/aromatic N) is 2. The molecule has 0 amide bonds. The van der Waals surface area contributed by atoms with Gasteiger partial charge in [0.2, 0.25) is 0 Å². The average Bonchev–Trinajstić information content (AvgIpc) is 2.82. The highest BCUT2D eigenvalue weighted by atomic mass is 32.3. The van der Waals surface area contributed by atoms with Crippen molar-refractivity contribution in [1.29, 1.82) is 0 Å². The van der Waals surface area contributed by atoms with Crippen LogP contribution in [0.25, 0.3) is 5.57 Å². The minimum atomic E-state index is -4.67. The molecule has 0 aliphatic heterocycles. The van der Waals surface area contributed by atoms with E-state index in [0.717, 1.165) is 26.2 Å². The van der Waals surface area contributed by atoms with Gasteiger partial charge >= 0.3 is 10.4 Å². The molecular weight excluding hydrogens is 448 g/mol. The zero-order valence-electron chi connectivity index (χ0n) is 20.3. The Morgan fingerprint density at radius 3 is 1.68 bits per heavy atom. The summed E-state index contributed by atoms with van der Waals surface area (Å²) in [4.78, 5) is 2.38. The van der Waals surface area contributed by atoms with E-state index in [1.807, 2.05) is 0 Å². The van der Waals surface area contributed by atoms with Gasteiger partial charge in [0.1, 0.15) is 13.1 Å². The molecule has 0 atom stereocenters. The van der Waals surface area contributed by atoms with E-state index in [9.17, 15) is 0 Å². The lowest BCUT2D eigenvalue weighted by Crippen LogP contribution is -2.21. The molecule has 3 rings (SSSR count). The van der Waals surface area contributed by atoms with Crippen LogP contribution in [0.1, 0.15) is 38.8 Å². The Bertz CT molecular complexity index is 1130. The van der Waals surface area contributed by atoms with Crippen LogP contribution in [0.5, 0.6) is 0 Å². The van der Waals surface area contributed by atoms with Crippen LogP contribution in [0.3, 0.4) is 0 Å². The first-order valence-electron chi connectivity index (χ1n) is 11.5. The van der Waals surface area contributed by atoms with Gasteiger partial charge in [-0.1, -0.05) is 42.5 Å². The number of allylic oxidation sites excluding steroid dienone is 5. The summed E-state index contributed by atoms with van der Waals surface area (Å²) >= 11 is 0. The van der Waals surface area contributed by atoms with Gasteiger partial charge in [-0.25, -0.2) is 4.58 Å². The van der Waals surface area contributed by atoms with Crippen molar-refractivity contribution < 1.29 is 22.1 Å². The molecule has 0 heterocycles. The van der Waals surface area contributed by atoms with Gasteiger partial charge in [0.25, 0.3) is 0 Å². The zero-order valence-corrected chi connectivity index (χ0v) is 21.2. The molecule has 0 bridgehead atoms. The second kappa shape index (κ2) is 13.0. The molecule has 2 N–H and O–H groups in total. The van der Waals surface area contributed by atoms with Crippen molar-refractivity contribution in [3.8, 4) is 0 Å². The van der Waals surface area contributed by atoms with Gasteiger partial charge in [-0.05, 0) is 74.3 Å². The van der Waals surface area contributed by atoms with Crippen molar-refractivity contribution in [3.05, 3.63) is 95.6 Å². The highest BCUT2D eigenvalue weighted by Crippen LogP contribution is 2.31. The first kappa shape index (κ1) is 27.2. The second-order valence-corrected chi connectivity index (χ2v) is 8.52. The van der Waals surface area contributed by atoms with E-state index < -0.39 is 10.4 Å². The Morgan fingerprint density at radius 1 is 0.765 bits per heavy atom. The van der Waals surface area contributed by atoms with Crippen LogP contribution in [0, 0.1) is 0 Å². The maximum atomic E-state index is 8.74. The molecule has 2 aromatic carbocycles. The van der Waals surface area contributed by atoms with Crippen molar-refractivity contribution in [2.45, 2.75) is 27.7 Å². The molecule has 0 unspecified atom stereocenters. The Balaban J connectivity index is 0.000000739. The van der Waals surface area contributed by atoms with Gasteiger partial charge in [0, 0.05) is 30.9 Å². The molecule has 34 heavy (non-hydrogen) atoms. The van der Waals surface area contributed by atoms with Crippen molar-refractivity contribution in [2.24, 2.45) is 0 Å². The molecule has 0 spiro atoms. The number of rotatable bonds is 7. The van der Waals surface area contributed by atoms with Crippen LogP contribution < -0.4 is 4.90 Å². The molecule has 1 aliphatic rings. The van der Waals surface area contributed by atoms with Crippen LogP contribution >= 0.6 is 0 Å². The van der Waals surface area contributed by atoms with E-state index >= 15 is 0 Å². The van der Waals surface area contributed by atoms with Crippen molar-refractivity contribution in [2.75, 3.05) is 31.1 Å². The Kier molecular flexibility index (Phi) is 10.4. The van der Waals surface area contributed by atoms with E-state index in [-0.39, 0.29) is 0 Å². The minimum Gasteiger partial charge on any atom is -0.372 e. The third kappa shape index (κ3) is 8.09. The van der Waals surface area contributed by atoms with E-state index in [2.05, 4.69) is 116 Å². The largest absolute Gasteiger partial charge is 0.394 e. The van der Waals surface area contributed by atoms with Gasteiger partial charge in [-0.15, -0.1) is 0 Å². The number of anilines is 1. The fraction of sp³-hybridized carbons (Fsp3) is 0.296. The lowest BCUT2D eigenvalue weighted by molar-refractivity contribution is -0.519. The first-order valence-corrected chi connectivity index (χ1v) is 12.9. The van der Waals surface area contributed by atoms with Gasteiger partial charge in [-0.2, -0.15) is 8.42 Å². The summed E-state index contributed by atoms with van der Waals surface area (Å²) in [5.41, 5.74) is 7.60. The quantitative estimate of drug-likeness (QED) is 0.413. The molecule has 0 saturated heterocycles. The normalized spacial score (nSPS) is 12.8. The predicted octanol–water partition coefficient (Wildman–Crippen LogP) is 5.30. The second-order valence-electron chi connectivity index (χ2n) is 7.63. The van der Waals surface area contributed by atoms with Crippen molar-refractivity contribution in [3.63, 3.8) is 0 Å². The summed E-state index contributed by atoms with van der Waals surface area (Å²) in [5.74, 6) is 0. The van der Waals surface area contributed by atoms with Gasteiger partial charge in [0.05, 0.1) is 0 Å².